The van der Waals surface area contributed by atoms with Gasteiger partial charge in [0, 0.05) is 0 Å². The normalized spacial score (nSPS) is 12.2. The Morgan fingerprint density at radius 2 is 1.22 bits per heavy atom. The molecule has 2 nitrogen and oxygen atoms in total. The Hall–Kier alpha value is -3.17. The van der Waals surface area contributed by atoms with Crippen LogP contribution < -0.4 is 0 Å². The van der Waals surface area contributed by atoms with Crippen molar-refractivity contribution < 1.29 is 8.42 Å². The van der Waals surface area contributed by atoms with E-state index in [9.17, 15) is 8.42 Å². The summed E-state index contributed by atoms with van der Waals surface area (Å²) in [6.45, 7) is 0. The lowest BCUT2D eigenvalue weighted by molar-refractivity contribution is 0.606. The third kappa shape index (κ3) is 3.55. The fraction of sp³-hybridized carbons (Fsp3) is 0. The molecule has 0 unspecified atom stereocenters. The van der Waals surface area contributed by atoms with E-state index in [0.29, 0.717) is 15.4 Å². The molecule has 0 heterocycles. The summed E-state index contributed by atoms with van der Waals surface area (Å²) in [7, 11) is -3.64. The predicted octanol–water partition coefficient (Wildman–Crippen LogP) is 5.81. The van der Waals surface area contributed by atoms with E-state index in [0.717, 1.165) is 16.3 Å². The van der Waals surface area contributed by atoms with Gasteiger partial charge in [-0.15, -0.1) is 0 Å². The van der Waals surface area contributed by atoms with Crippen molar-refractivity contribution in [3.63, 3.8) is 0 Å². The van der Waals surface area contributed by atoms with Crippen LogP contribution in [0.25, 0.3) is 21.8 Å². The van der Waals surface area contributed by atoms with Crippen molar-refractivity contribution in [2.24, 2.45) is 0 Å². The summed E-state index contributed by atoms with van der Waals surface area (Å²) < 4.78 is 26.7. The maximum atomic E-state index is 13.3. The minimum absolute atomic E-state index is 0.292. The molecular weight excluding hydrogens is 352 g/mol. The summed E-state index contributed by atoms with van der Waals surface area (Å²) in [6.07, 6.45) is 1.75. The van der Waals surface area contributed by atoms with Crippen LogP contribution in [0.5, 0.6) is 0 Å². The molecule has 0 aliphatic heterocycles. The van der Waals surface area contributed by atoms with Crippen LogP contribution in [0.4, 0.5) is 0 Å². The van der Waals surface area contributed by atoms with Crippen molar-refractivity contribution >= 4 is 31.6 Å². The number of fused-ring (bicyclic) bond motifs is 1. The first-order valence-electron chi connectivity index (χ1n) is 8.71. The number of sulfone groups is 1. The van der Waals surface area contributed by atoms with Crippen LogP contribution in [0.15, 0.2) is 108 Å². The van der Waals surface area contributed by atoms with Crippen molar-refractivity contribution in [2.45, 2.75) is 4.90 Å². The molecule has 0 aromatic heterocycles. The second-order valence-electron chi connectivity index (χ2n) is 6.30. The number of rotatable bonds is 4. The highest BCUT2D eigenvalue weighted by molar-refractivity contribution is 8.00. The molecule has 0 aliphatic rings. The van der Waals surface area contributed by atoms with E-state index in [1.807, 2.05) is 78.9 Å². The standard InChI is InChI=1S/C24H18O2S/c25-27(26,23-13-5-2-6-14-23)24(21-10-3-1-4-11-21)18-19-15-16-20-9-7-8-12-22(20)17-19/h1-18H/b24-18+. The fourth-order valence-corrected chi connectivity index (χ4v) is 4.60. The molecule has 0 radical (unpaired) electrons. The molecule has 0 fully saturated rings. The Labute approximate surface area is 159 Å². The largest absolute Gasteiger partial charge is 0.218 e. The molecular formula is C24H18O2S. The Morgan fingerprint density at radius 1 is 0.630 bits per heavy atom. The molecule has 0 atom stereocenters. The van der Waals surface area contributed by atoms with Crippen LogP contribution >= 0.6 is 0 Å². The van der Waals surface area contributed by atoms with Gasteiger partial charge in [0.1, 0.15) is 0 Å². The van der Waals surface area contributed by atoms with Crippen LogP contribution in [0, 0.1) is 0 Å². The molecule has 0 saturated heterocycles. The average Bonchev–Trinajstić information content (AvgIpc) is 2.73. The van der Waals surface area contributed by atoms with Gasteiger partial charge in [0.15, 0.2) is 0 Å². The van der Waals surface area contributed by atoms with E-state index in [1.54, 1.807) is 30.3 Å². The van der Waals surface area contributed by atoms with Gasteiger partial charge in [-0.05, 0) is 46.2 Å². The van der Waals surface area contributed by atoms with Gasteiger partial charge in [0.25, 0.3) is 0 Å². The first-order valence-corrected chi connectivity index (χ1v) is 10.2. The zero-order chi connectivity index (χ0) is 18.7. The molecule has 0 bridgehead atoms. The van der Waals surface area contributed by atoms with Gasteiger partial charge in [0.05, 0.1) is 9.80 Å². The van der Waals surface area contributed by atoms with Gasteiger partial charge >= 0.3 is 0 Å². The maximum Gasteiger partial charge on any atom is 0.207 e. The van der Waals surface area contributed by atoms with Crippen LogP contribution in [0.3, 0.4) is 0 Å². The predicted molar refractivity (Wildman–Crippen MR) is 112 cm³/mol. The molecule has 0 amide bonds. The second kappa shape index (κ2) is 7.22. The van der Waals surface area contributed by atoms with E-state index in [1.165, 1.54) is 0 Å². The zero-order valence-corrected chi connectivity index (χ0v) is 15.4. The molecule has 3 heteroatoms. The summed E-state index contributed by atoms with van der Waals surface area (Å²) in [5, 5.41) is 2.21. The minimum Gasteiger partial charge on any atom is -0.218 e. The molecule has 0 saturated carbocycles. The topological polar surface area (TPSA) is 34.1 Å². The van der Waals surface area contributed by atoms with E-state index in [2.05, 4.69) is 0 Å². The molecule has 4 aromatic carbocycles. The summed E-state index contributed by atoms with van der Waals surface area (Å²) >= 11 is 0. The second-order valence-corrected chi connectivity index (χ2v) is 8.22. The van der Waals surface area contributed by atoms with Gasteiger partial charge in [0.2, 0.25) is 9.84 Å². The molecule has 4 aromatic rings. The zero-order valence-electron chi connectivity index (χ0n) is 14.6. The van der Waals surface area contributed by atoms with Gasteiger partial charge < -0.3 is 0 Å². The summed E-state index contributed by atoms with van der Waals surface area (Å²) in [5.41, 5.74) is 1.53. The number of benzene rings is 4. The minimum atomic E-state index is -3.64. The molecule has 0 N–H and O–H groups in total. The van der Waals surface area contributed by atoms with Crippen molar-refractivity contribution in [3.05, 3.63) is 114 Å². The van der Waals surface area contributed by atoms with Crippen molar-refractivity contribution in [1.82, 2.24) is 0 Å². The van der Waals surface area contributed by atoms with Crippen LogP contribution in [-0.4, -0.2) is 8.42 Å². The lowest BCUT2D eigenvalue weighted by Crippen LogP contribution is -2.04. The fourth-order valence-electron chi connectivity index (χ4n) is 3.09. The highest BCUT2D eigenvalue weighted by Gasteiger charge is 2.22. The van der Waals surface area contributed by atoms with Gasteiger partial charge in [-0.25, -0.2) is 8.42 Å². The van der Waals surface area contributed by atoms with E-state index in [-0.39, 0.29) is 0 Å². The molecule has 0 aliphatic carbocycles. The molecule has 4 rings (SSSR count). The maximum absolute atomic E-state index is 13.3. The first kappa shape index (κ1) is 17.3. The van der Waals surface area contributed by atoms with Gasteiger partial charge in [-0.1, -0.05) is 84.9 Å². The highest BCUT2D eigenvalue weighted by Crippen LogP contribution is 2.30. The Balaban J connectivity index is 1.91. The van der Waals surface area contributed by atoms with E-state index < -0.39 is 9.84 Å². The van der Waals surface area contributed by atoms with Crippen LogP contribution in [0.1, 0.15) is 11.1 Å². The Kier molecular flexibility index (Phi) is 4.61. The van der Waals surface area contributed by atoms with Crippen molar-refractivity contribution in [3.8, 4) is 0 Å². The van der Waals surface area contributed by atoms with Crippen LogP contribution in [-0.2, 0) is 9.84 Å². The lowest BCUT2D eigenvalue weighted by Gasteiger charge is -2.10. The summed E-state index contributed by atoms with van der Waals surface area (Å²) in [5.74, 6) is 0. The molecule has 132 valence electrons. The third-order valence-corrected chi connectivity index (χ3v) is 6.30. The third-order valence-electron chi connectivity index (χ3n) is 4.47. The molecule has 27 heavy (non-hydrogen) atoms. The quantitative estimate of drug-likeness (QED) is 0.425. The van der Waals surface area contributed by atoms with Crippen LogP contribution in [0.2, 0.25) is 0 Å². The Bertz CT molecular complexity index is 1210. The van der Waals surface area contributed by atoms with Gasteiger partial charge in [-0.3, -0.25) is 0 Å². The number of hydrogen-bond donors (Lipinski definition) is 0. The Morgan fingerprint density at radius 3 is 1.93 bits per heavy atom. The number of hydrogen-bond acceptors (Lipinski definition) is 2. The van der Waals surface area contributed by atoms with Crippen molar-refractivity contribution in [2.75, 3.05) is 0 Å². The van der Waals surface area contributed by atoms with Crippen molar-refractivity contribution in [1.29, 1.82) is 0 Å². The lowest BCUT2D eigenvalue weighted by atomic mass is 10.1. The van der Waals surface area contributed by atoms with E-state index >= 15 is 0 Å². The van der Waals surface area contributed by atoms with Gasteiger partial charge in [-0.2, -0.15) is 0 Å². The smallest absolute Gasteiger partial charge is 0.207 e. The molecule has 0 spiro atoms. The summed E-state index contributed by atoms with van der Waals surface area (Å²) in [6, 6.07) is 31.8. The highest BCUT2D eigenvalue weighted by atomic mass is 32.2. The van der Waals surface area contributed by atoms with E-state index in [4.69, 9.17) is 0 Å². The first-order chi connectivity index (χ1) is 13.1. The summed E-state index contributed by atoms with van der Waals surface area (Å²) in [4.78, 5) is 0.588. The SMILES string of the molecule is O=S(=O)(/C(=C/c1ccc2ccccc2c1)c1ccccc1)c1ccccc1. The average molecular weight is 370 g/mol. The monoisotopic (exact) mass is 370 g/mol.